The second-order valence-electron chi connectivity index (χ2n) is 9.45. The van der Waals surface area contributed by atoms with Crippen LogP contribution < -0.4 is 0 Å². The SMILES string of the molecule is C=CC[C@H]1O[C@H](c2cccc(Cl)c2)[C@@H](c2ccc(Cl)cc2)N([C@@H](CC)CN(C)S(=O)(=O)C2CC2)C1=O. The van der Waals surface area contributed by atoms with E-state index in [-0.39, 0.29) is 23.7 Å². The minimum absolute atomic E-state index is 0.183. The quantitative estimate of drug-likeness (QED) is 0.351. The van der Waals surface area contributed by atoms with Gasteiger partial charge in [-0.15, -0.1) is 6.58 Å². The van der Waals surface area contributed by atoms with Crippen LogP contribution in [-0.4, -0.2) is 54.5 Å². The lowest BCUT2D eigenvalue weighted by atomic mass is 9.89. The lowest BCUT2D eigenvalue weighted by molar-refractivity contribution is -0.179. The largest absolute Gasteiger partial charge is 0.358 e. The molecule has 0 N–H and O–H groups in total. The second kappa shape index (κ2) is 11.2. The van der Waals surface area contributed by atoms with E-state index in [1.807, 2.05) is 42.2 Å². The van der Waals surface area contributed by atoms with Gasteiger partial charge >= 0.3 is 0 Å². The van der Waals surface area contributed by atoms with Gasteiger partial charge in [-0.25, -0.2) is 12.7 Å². The Morgan fingerprint density at radius 1 is 1.14 bits per heavy atom. The van der Waals surface area contributed by atoms with E-state index in [4.69, 9.17) is 27.9 Å². The first-order chi connectivity index (χ1) is 17.2. The summed E-state index contributed by atoms with van der Waals surface area (Å²) in [4.78, 5) is 15.7. The minimum atomic E-state index is -3.40. The number of nitrogens with zero attached hydrogens (tertiary/aromatic N) is 2. The molecule has 2 aromatic carbocycles. The zero-order valence-electron chi connectivity index (χ0n) is 20.5. The highest BCUT2D eigenvalue weighted by Crippen LogP contribution is 2.45. The molecule has 2 aliphatic rings. The summed E-state index contributed by atoms with van der Waals surface area (Å²) in [6.45, 7) is 5.99. The molecule has 1 amide bonds. The maximum Gasteiger partial charge on any atom is 0.252 e. The zero-order chi connectivity index (χ0) is 26.0. The molecule has 4 rings (SSSR count). The van der Waals surface area contributed by atoms with Crippen molar-refractivity contribution in [1.29, 1.82) is 0 Å². The standard InChI is InChI=1S/C27H32Cl2N2O4S/c1-4-7-24-27(32)31(22(5-2)17-30(3)36(33,34)23-14-15-23)25(18-10-12-20(28)13-11-18)26(35-24)19-8-6-9-21(29)16-19/h4,6,8-13,16,22-26H,1,5,7,14-15,17H2,2-3H3/t22-,24+,25+,26+/m0/s1. The van der Waals surface area contributed by atoms with Crippen LogP contribution >= 0.6 is 23.2 Å². The third-order valence-corrected chi connectivity index (χ3v) is 9.73. The van der Waals surface area contributed by atoms with Gasteiger partial charge < -0.3 is 9.64 Å². The summed E-state index contributed by atoms with van der Waals surface area (Å²) in [6, 6.07) is 13.9. The zero-order valence-corrected chi connectivity index (χ0v) is 22.8. The first-order valence-corrected chi connectivity index (χ1v) is 14.5. The third kappa shape index (κ3) is 5.65. The molecule has 194 valence electrons. The number of amides is 1. The third-order valence-electron chi connectivity index (χ3n) is 6.91. The van der Waals surface area contributed by atoms with Crippen LogP contribution in [0.25, 0.3) is 0 Å². The van der Waals surface area contributed by atoms with Gasteiger partial charge in [0.1, 0.15) is 12.2 Å². The van der Waals surface area contributed by atoms with Crippen molar-refractivity contribution >= 4 is 39.1 Å². The lowest BCUT2D eigenvalue weighted by Gasteiger charge is -2.48. The molecule has 1 heterocycles. The number of likely N-dealkylation sites (N-methyl/N-ethyl adjacent to an activating group) is 1. The van der Waals surface area contributed by atoms with E-state index >= 15 is 0 Å². The van der Waals surface area contributed by atoms with Crippen molar-refractivity contribution in [2.75, 3.05) is 13.6 Å². The summed E-state index contributed by atoms with van der Waals surface area (Å²) in [7, 11) is -1.79. The molecule has 0 bridgehead atoms. The Morgan fingerprint density at radius 2 is 1.83 bits per heavy atom. The van der Waals surface area contributed by atoms with E-state index in [9.17, 15) is 13.2 Å². The van der Waals surface area contributed by atoms with E-state index < -0.39 is 28.3 Å². The van der Waals surface area contributed by atoms with Crippen LogP contribution in [0.1, 0.15) is 55.9 Å². The van der Waals surface area contributed by atoms with Gasteiger partial charge in [0, 0.05) is 36.1 Å². The Morgan fingerprint density at radius 3 is 2.42 bits per heavy atom. The number of hydrogen-bond acceptors (Lipinski definition) is 4. The van der Waals surface area contributed by atoms with Crippen molar-refractivity contribution in [3.63, 3.8) is 0 Å². The van der Waals surface area contributed by atoms with Crippen molar-refractivity contribution in [3.05, 3.63) is 82.4 Å². The predicted molar refractivity (Wildman–Crippen MR) is 144 cm³/mol. The van der Waals surface area contributed by atoms with Gasteiger partial charge in [0.25, 0.3) is 5.91 Å². The molecule has 1 aliphatic carbocycles. The first kappa shape index (κ1) is 27.1. The Balaban J connectivity index is 1.80. The first-order valence-electron chi connectivity index (χ1n) is 12.2. The molecular formula is C27H32Cl2N2O4S. The molecule has 1 saturated heterocycles. The summed E-state index contributed by atoms with van der Waals surface area (Å²) in [5, 5.41) is 0.830. The molecule has 1 aliphatic heterocycles. The van der Waals surface area contributed by atoms with E-state index in [1.165, 1.54) is 4.31 Å². The summed E-state index contributed by atoms with van der Waals surface area (Å²) in [6.07, 6.45) is 2.69. The Labute approximate surface area is 223 Å². The molecular weight excluding hydrogens is 519 g/mol. The Bertz CT molecular complexity index is 1200. The molecule has 2 fully saturated rings. The van der Waals surface area contributed by atoms with Gasteiger partial charge in [-0.2, -0.15) is 0 Å². The smallest absolute Gasteiger partial charge is 0.252 e. The number of carbonyl (C=O) groups is 1. The van der Waals surface area contributed by atoms with Gasteiger partial charge in [-0.1, -0.05) is 60.5 Å². The number of ether oxygens (including phenoxy) is 1. The van der Waals surface area contributed by atoms with Crippen LogP contribution in [-0.2, 0) is 19.6 Å². The summed E-state index contributed by atoms with van der Waals surface area (Å²) >= 11 is 12.5. The van der Waals surface area contributed by atoms with E-state index in [0.29, 0.717) is 35.7 Å². The average Bonchev–Trinajstić information content (AvgIpc) is 3.70. The maximum absolute atomic E-state index is 13.9. The molecule has 0 aromatic heterocycles. The topological polar surface area (TPSA) is 66.9 Å². The molecule has 1 saturated carbocycles. The number of rotatable bonds is 10. The van der Waals surface area contributed by atoms with Crippen molar-refractivity contribution in [3.8, 4) is 0 Å². The summed E-state index contributed by atoms with van der Waals surface area (Å²) < 4.78 is 33.7. The van der Waals surface area contributed by atoms with Crippen LogP contribution in [0, 0.1) is 0 Å². The van der Waals surface area contributed by atoms with Crippen LogP contribution in [0.4, 0.5) is 0 Å². The van der Waals surface area contributed by atoms with Crippen molar-refractivity contribution in [1.82, 2.24) is 9.21 Å². The summed E-state index contributed by atoms with van der Waals surface area (Å²) in [5.74, 6) is -0.183. The number of benzene rings is 2. The highest BCUT2D eigenvalue weighted by Gasteiger charge is 2.47. The number of sulfonamides is 1. The van der Waals surface area contributed by atoms with Crippen molar-refractivity contribution in [2.24, 2.45) is 0 Å². The fourth-order valence-corrected chi connectivity index (χ4v) is 6.79. The lowest BCUT2D eigenvalue weighted by Crippen LogP contribution is -2.57. The van der Waals surface area contributed by atoms with Crippen LogP contribution in [0.5, 0.6) is 0 Å². The average molecular weight is 552 g/mol. The fraction of sp³-hybridized carbons (Fsp3) is 0.444. The maximum atomic E-state index is 13.9. The Hall–Kier alpha value is -1.90. The van der Waals surface area contributed by atoms with Crippen LogP contribution in [0.2, 0.25) is 10.0 Å². The highest BCUT2D eigenvalue weighted by molar-refractivity contribution is 7.90. The number of morpholine rings is 1. The Kier molecular flexibility index (Phi) is 8.47. The van der Waals surface area contributed by atoms with E-state index in [0.717, 1.165) is 11.1 Å². The molecule has 0 spiro atoms. The molecule has 2 aromatic rings. The van der Waals surface area contributed by atoms with Gasteiger partial charge in [0.15, 0.2) is 0 Å². The number of hydrogen-bond donors (Lipinski definition) is 0. The van der Waals surface area contributed by atoms with Crippen molar-refractivity contribution < 1.29 is 17.9 Å². The van der Waals surface area contributed by atoms with Gasteiger partial charge in [0.2, 0.25) is 10.0 Å². The van der Waals surface area contributed by atoms with Gasteiger partial charge in [0.05, 0.1) is 11.3 Å². The molecule has 6 nitrogen and oxygen atoms in total. The van der Waals surface area contributed by atoms with E-state index in [1.54, 1.807) is 31.3 Å². The van der Waals surface area contributed by atoms with Crippen molar-refractivity contribution in [2.45, 2.75) is 62.1 Å². The second-order valence-corrected chi connectivity index (χ2v) is 12.6. The fourth-order valence-electron chi connectivity index (χ4n) is 4.85. The number of carbonyl (C=O) groups excluding carboxylic acids is 1. The van der Waals surface area contributed by atoms with Gasteiger partial charge in [-0.05, 0) is 54.7 Å². The molecule has 0 unspecified atom stereocenters. The molecule has 0 radical (unpaired) electrons. The van der Waals surface area contributed by atoms with Gasteiger partial charge in [-0.3, -0.25) is 4.79 Å². The molecule has 36 heavy (non-hydrogen) atoms. The highest BCUT2D eigenvalue weighted by atomic mass is 35.5. The molecule has 4 atom stereocenters. The van der Waals surface area contributed by atoms with Crippen LogP contribution in [0.3, 0.4) is 0 Å². The molecule has 9 heteroatoms. The van der Waals surface area contributed by atoms with Crippen LogP contribution in [0.15, 0.2) is 61.2 Å². The predicted octanol–water partition coefficient (Wildman–Crippen LogP) is 5.78. The number of halogens is 2. The van der Waals surface area contributed by atoms with E-state index in [2.05, 4.69) is 6.58 Å². The minimum Gasteiger partial charge on any atom is -0.358 e. The summed E-state index contributed by atoms with van der Waals surface area (Å²) in [5.41, 5.74) is 1.68. The monoisotopic (exact) mass is 550 g/mol. The normalized spacial score (nSPS) is 23.6.